The summed E-state index contributed by atoms with van der Waals surface area (Å²) in [5, 5.41) is 12.6. The first-order valence-electron chi connectivity index (χ1n) is 6.96. The maximum absolute atomic E-state index is 12.4. The third kappa shape index (κ3) is 2.76. The molecule has 0 aromatic carbocycles. The second-order valence-electron chi connectivity index (χ2n) is 5.04. The number of rotatable bonds is 3. The van der Waals surface area contributed by atoms with Gasteiger partial charge in [0.15, 0.2) is 5.56 Å². The summed E-state index contributed by atoms with van der Waals surface area (Å²) >= 11 is 0. The summed E-state index contributed by atoms with van der Waals surface area (Å²) in [7, 11) is 0. The van der Waals surface area contributed by atoms with Crippen molar-refractivity contribution in [2.24, 2.45) is 0 Å². The zero-order chi connectivity index (χ0) is 16.4. The van der Waals surface area contributed by atoms with E-state index in [0.717, 1.165) is 11.1 Å². The highest BCUT2D eigenvalue weighted by atomic mass is 16.3. The Labute approximate surface area is 131 Å². The maximum atomic E-state index is 12.4. The first-order valence-corrected chi connectivity index (χ1v) is 6.96. The number of nitrogens with zero attached hydrogens (tertiary/aromatic N) is 3. The third-order valence-electron chi connectivity index (χ3n) is 3.43. The summed E-state index contributed by atoms with van der Waals surface area (Å²) in [6.45, 7) is 1.96. The number of carbonyl (C=O) groups excluding carboxylic acids is 1. The van der Waals surface area contributed by atoms with Crippen LogP contribution in [0.3, 0.4) is 0 Å². The van der Waals surface area contributed by atoms with Crippen LogP contribution in [0.4, 0.5) is 0 Å². The highest BCUT2D eigenvalue weighted by Gasteiger charge is 2.20. The van der Waals surface area contributed by atoms with Gasteiger partial charge in [-0.25, -0.2) is 0 Å². The number of aromatic hydroxyl groups is 1. The number of hydrogen-bond donors (Lipinski definition) is 2. The zero-order valence-corrected chi connectivity index (χ0v) is 12.4. The number of carbonyl (C=O) groups is 1. The number of fused-ring (bicyclic) bond motifs is 1. The largest absolute Gasteiger partial charge is 0.493 e. The molecule has 0 spiro atoms. The quantitative estimate of drug-likeness (QED) is 0.753. The van der Waals surface area contributed by atoms with Crippen molar-refractivity contribution in [3.8, 4) is 5.88 Å². The molecular formula is C16H14N4O3. The Kier molecular flexibility index (Phi) is 3.76. The summed E-state index contributed by atoms with van der Waals surface area (Å²) in [5.41, 5.74) is 0.836. The monoisotopic (exact) mass is 310 g/mol. The van der Waals surface area contributed by atoms with Crippen LogP contribution in [0, 0.1) is 6.92 Å². The van der Waals surface area contributed by atoms with Gasteiger partial charge in [0, 0.05) is 25.1 Å². The fraction of sp³-hybridized carbons (Fsp3) is 0.125. The lowest BCUT2D eigenvalue weighted by Gasteiger charge is -2.09. The summed E-state index contributed by atoms with van der Waals surface area (Å²) in [6, 6.07) is 6.99. The van der Waals surface area contributed by atoms with E-state index in [4.69, 9.17) is 0 Å². The van der Waals surface area contributed by atoms with Gasteiger partial charge in [-0.15, -0.1) is 0 Å². The molecule has 0 saturated heterocycles. The molecule has 0 atom stereocenters. The van der Waals surface area contributed by atoms with Gasteiger partial charge in [-0.3, -0.25) is 19.0 Å². The molecule has 2 N–H and O–H groups in total. The van der Waals surface area contributed by atoms with E-state index in [1.165, 1.54) is 10.6 Å². The Bertz CT molecular complexity index is 935. The summed E-state index contributed by atoms with van der Waals surface area (Å²) in [5.74, 6) is -1.26. The molecule has 0 aliphatic heterocycles. The Morgan fingerprint density at radius 2 is 2.17 bits per heavy atom. The van der Waals surface area contributed by atoms with E-state index in [-0.39, 0.29) is 12.1 Å². The van der Waals surface area contributed by atoms with Crippen LogP contribution >= 0.6 is 0 Å². The topological polar surface area (TPSA) is 96.6 Å². The molecule has 3 aromatic rings. The number of amides is 1. The average molecular weight is 310 g/mol. The van der Waals surface area contributed by atoms with Crippen LogP contribution in [0.1, 0.15) is 21.5 Å². The van der Waals surface area contributed by atoms with Gasteiger partial charge in [0.25, 0.3) is 11.5 Å². The van der Waals surface area contributed by atoms with E-state index < -0.39 is 17.3 Å². The van der Waals surface area contributed by atoms with Crippen LogP contribution in [-0.2, 0) is 6.54 Å². The normalized spacial score (nSPS) is 10.7. The fourth-order valence-electron chi connectivity index (χ4n) is 2.26. The Hall–Kier alpha value is -3.22. The van der Waals surface area contributed by atoms with Crippen molar-refractivity contribution < 1.29 is 9.90 Å². The SMILES string of the molecule is Cc1cccn2c(=O)c(C(=O)NCc3cccnc3)c(O)nc12. The molecule has 0 aliphatic rings. The highest BCUT2D eigenvalue weighted by molar-refractivity contribution is 5.96. The summed E-state index contributed by atoms with van der Waals surface area (Å²) in [6.07, 6.45) is 4.74. The van der Waals surface area contributed by atoms with Crippen molar-refractivity contribution in [3.05, 3.63) is 69.9 Å². The molecule has 0 unspecified atom stereocenters. The molecule has 0 saturated carbocycles. The molecule has 23 heavy (non-hydrogen) atoms. The number of pyridine rings is 2. The van der Waals surface area contributed by atoms with Crippen LogP contribution in [-0.4, -0.2) is 25.4 Å². The average Bonchev–Trinajstić information content (AvgIpc) is 2.55. The molecule has 0 fully saturated rings. The number of aromatic nitrogens is 3. The van der Waals surface area contributed by atoms with Gasteiger partial charge in [-0.05, 0) is 30.2 Å². The Balaban J connectivity index is 1.96. The minimum Gasteiger partial charge on any atom is -0.493 e. The van der Waals surface area contributed by atoms with Crippen molar-refractivity contribution in [1.82, 2.24) is 19.7 Å². The smallest absolute Gasteiger partial charge is 0.274 e. The van der Waals surface area contributed by atoms with Gasteiger partial charge in [-0.1, -0.05) is 12.1 Å². The van der Waals surface area contributed by atoms with Crippen molar-refractivity contribution in [2.75, 3.05) is 0 Å². The van der Waals surface area contributed by atoms with Crippen molar-refractivity contribution in [3.63, 3.8) is 0 Å². The lowest BCUT2D eigenvalue weighted by molar-refractivity contribution is 0.0945. The van der Waals surface area contributed by atoms with Crippen LogP contribution in [0.25, 0.3) is 5.65 Å². The van der Waals surface area contributed by atoms with Crippen molar-refractivity contribution in [2.45, 2.75) is 13.5 Å². The molecule has 3 rings (SSSR count). The van der Waals surface area contributed by atoms with Crippen LogP contribution in [0.15, 0.2) is 47.7 Å². The molecule has 0 radical (unpaired) electrons. The van der Waals surface area contributed by atoms with Gasteiger partial charge in [-0.2, -0.15) is 4.98 Å². The lowest BCUT2D eigenvalue weighted by atomic mass is 10.2. The fourth-order valence-corrected chi connectivity index (χ4v) is 2.26. The van der Waals surface area contributed by atoms with Gasteiger partial charge in [0.1, 0.15) is 5.65 Å². The molecule has 7 nitrogen and oxygen atoms in total. The second-order valence-corrected chi connectivity index (χ2v) is 5.04. The zero-order valence-electron chi connectivity index (χ0n) is 12.4. The van der Waals surface area contributed by atoms with Crippen LogP contribution < -0.4 is 10.9 Å². The van der Waals surface area contributed by atoms with Gasteiger partial charge < -0.3 is 10.4 Å². The van der Waals surface area contributed by atoms with E-state index in [1.807, 2.05) is 0 Å². The van der Waals surface area contributed by atoms with E-state index in [2.05, 4.69) is 15.3 Å². The van der Waals surface area contributed by atoms with Crippen molar-refractivity contribution >= 4 is 11.6 Å². The van der Waals surface area contributed by atoms with Gasteiger partial charge in [0.2, 0.25) is 5.88 Å². The summed E-state index contributed by atoms with van der Waals surface area (Å²) < 4.78 is 1.24. The maximum Gasteiger partial charge on any atom is 0.274 e. The lowest BCUT2D eigenvalue weighted by Crippen LogP contribution is -2.31. The number of nitrogens with one attached hydrogen (secondary N) is 1. The van der Waals surface area contributed by atoms with Gasteiger partial charge >= 0.3 is 0 Å². The van der Waals surface area contributed by atoms with E-state index >= 15 is 0 Å². The molecule has 116 valence electrons. The highest BCUT2D eigenvalue weighted by Crippen LogP contribution is 2.13. The number of aryl methyl sites for hydroxylation is 1. The van der Waals surface area contributed by atoms with E-state index in [1.54, 1.807) is 43.6 Å². The molecule has 3 aromatic heterocycles. The van der Waals surface area contributed by atoms with Crippen LogP contribution in [0.2, 0.25) is 0 Å². The molecule has 0 bridgehead atoms. The van der Waals surface area contributed by atoms with E-state index in [9.17, 15) is 14.7 Å². The predicted octanol–water partition coefficient (Wildman–Crippen LogP) is 1.03. The first kappa shape index (κ1) is 14.7. The minimum absolute atomic E-state index is 0.197. The van der Waals surface area contributed by atoms with Gasteiger partial charge in [0.05, 0.1) is 0 Å². The van der Waals surface area contributed by atoms with E-state index in [0.29, 0.717) is 5.65 Å². The standard InChI is InChI=1S/C16H14N4O3/c1-10-4-3-7-20-13(10)19-15(22)12(16(20)23)14(21)18-9-11-5-2-6-17-8-11/h2-8,22H,9H2,1H3,(H,18,21). The number of hydrogen-bond acceptors (Lipinski definition) is 5. The second kappa shape index (κ2) is 5.88. The molecule has 1 amide bonds. The minimum atomic E-state index is -0.681. The third-order valence-corrected chi connectivity index (χ3v) is 3.43. The predicted molar refractivity (Wildman–Crippen MR) is 83.3 cm³/mol. The molecular weight excluding hydrogens is 296 g/mol. The first-order chi connectivity index (χ1) is 11.1. The Morgan fingerprint density at radius 3 is 2.91 bits per heavy atom. The summed E-state index contributed by atoms with van der Waals surface area (Å²) in [4.78, 5) is 32.6. The molecule has 7 heteroatoms. The van der Waals surface area contributed by atoms with Crippen LogP contribution in [0.5, 0.6) is 5.88 Å². The molecule has 3 heterocycles. The molecule has 0 aliphatic carbocycles. The van der Waals surface area contributed by atoms with Crippen molar-refractivity contribution in [1.29, 1.82) is 0 Å². The Morgan fingerprint density at radius 1 is 1.35 bits per heavy atom.